The predicted octanol–water partition coefficient (Wildman–Crippen LogP) is 2.33. The molecule has 4 heteroatoms. The third kappa shape index (κ3) is 3.23. The predicted molar refractivity (Wildman–Crippen MR) is 79.9 cm³/mol. The highest BCUT2D eigenvalue weighted by Gasteiger charge is 2.26. The van der Waals surface area contributed by atoms with Gasteiger partial charge < -0.3 is 14.2 Å². The first kappa shape index (κ1) is 14.1. The standard InChI is InChI=1S/C16H27N3O/c1-13-10-18(2)16(17-13)15-4-3-7-19(12-15)11-14-5-8-20-9-6-14/h10,14-15H,3-9,11-12H2,1-2H3. The average molecular weight is 277 g/mol. The molecule has 0 aromatic carbocycles. The summed E-state index contributed by atoms with van der Waals surface area (Å²) in [7, 11) is 2.13. The van der Waals surface area contributed by atoms with Gasteiger partial charge in [-0.15, -0.1) is 0 Å². The molecule has 1 aromatic heterocycles. The molecular weight excluding hydrogens is 250 g/mol. The van der Waals surface area contributed by atoms with E-state index in [1.165, 1.54) is 51.1 Å². The number of nitrogens with zero attached hydrogens (tertiary/aromatic N) is 3. The van der Waals surface area contributed by atoms with E-state index in [1.807, 2.05) is 0 Å². The fraction of sp³-hybridized carbons (Fsp3) is 0.812. The van der Waals surface area contributed by atoms with Crippen LogP contribution >= 0.6 is 0 Å². The molecule has 0 N–H and O–H groups in total. The number of aryl methyl sites for hydroxylation is 2. The number of ether oxygens (including phenoxy) is 1. The first-order chi connectivity index (χ1) is 9.72. The van der Waals surface area contributed by atoms with Crippen LogP contribution in [0.5, 0.6) is 0 Å². The number of rotatable bonds is 3. The van der Waals surface area contributed by atoms with Crippen molar-refractivity contribution >= 4 is 0 Å². The van der Waals surface area contributed by atoms with Crippen LogP contribution in [0.3, 0.4) is 0 Å². The van der Waals surface area contributed by atoms with Crippen LogP contribution in [0.1, 0.15) is 43.1 Å². The second-order valence-corrected chi connectivity index (χ2v) is 6.51. The Kier molecular flexibility index (Phi) is 4.41. The van der Waals surface area contributed by atoms with E-state index < -0.39 is 0 Å². The fourth-order valence-electron chi connectivity index (χ4n) is 3.74. The number of imidazole rings is 1. The molecule has 0 saturated carbocycles. The van der Waals surface area contributed by atoms with Crippen LogP contribution < -0.4 is 0 Å². The molecule has 1 aromatic rings. The molecule has 20 heavy (non-hydrogen) atoms. The molecule has 0 radical (unpaired) electrons. The molecule has 2 aliphatic heterocycles. The topological polar surface area (TPSA) is 30.3 Å². The zero-order valence-electron chi connectivity index (χ0n) is 12.8. The second-order valence-electron chi connectivity index (χ2n) is 6.51. The van der Waals surface area contributed by atoms with Gasteiger partial charge >= 0.3 is 0 Å². The Morgan fingerprint density at radius 1 is 1.30 bits per heavy atom. The van der Waals surface area contributed by atoms with Gasteiger partial charge in [0.15, 0.2) is 0 Å². The van der Waals surface area contributed by atoms with Gasteiger partial charge in [-0.2, -0.15) is 0 Å². The van der Waals surface area contributed by atoms with Crippen LogP contribution in [0.2, 0.25) is 0 Å². The summed E-state index contributed by atoms with van der Waals surface area (Å²) in [5.41, 5.74) is 1.14. The molecule has 0 amide bonds. The van der Waals surface area contributed by atoms with E-state index in [1.54, 1.807) is 0 Å². The molecule has 112 valence electrons. The molecular formula is C16H27N3O. The molecule has 3 heterocycles. The van der Waals surface area contributed by atoms with Crippen molar-refractivity contribution < 1.29 is 4.74 Å². The summed E-state index contributed by atoms with van der Waals surface area (Å²) in [6, 6.07) is 0. The smallest absolute Gasteiger partial charge is 0.113 e. The lowest BCUT2D eigenvalue weighted by molar-refractivity contribution is 0.0480. The van der Waals surface area contributed by atoms with E-state index in [-0.39, 0.29) is 0 Å². The highest BCUT2D eigenvalue weighted by Crippen LogP contribution is 2.27. The van der Waals surface area contributed by atoms with Gasteiger partial charge in [-0.25, -0.2) is 4.98 Å². The van der Waals surface area contributed by atoms with Crippen molar-refractivity contribution in [2.45, 2.75) is 38.5 Å². The summed E-state index contributed by atoms with van der Waals surface area (Å²) in [5.74, 6) is 2.73. The highest BCUT2D eigenvalue weighted by atomic mass is 16.5. The van der Waals surface area contributed by atoms with E-state index in [9.17, 15) is 0 Å². The average Bonchev–Trinajstić information content (AvgIpc) is 2.79. The van der Waals surface area contributed by atoms with Crippen molar-refractivity contribution in [1.29, 1.82) is 0 Å². The summed E-state index contributed by atoms with van der Waals surface area (Å²) < 4.78 is 7.69. The molecule has 2 aliphatic rings. The van der Waals surface area contributed by atoms with Crippen LogP contribution in [0.15, 0.2) is 6.20 Å². The van der Waals surface area contributed by atoms with E-state index in [4.69, 9.17) is 9.72 Å². The van der Waals surface area contributed by atoms with E-state index in [0.717, 1.165) is 24.8 Å². The third-order valence-electron chi connectivity index (χ3n) is 4.76. The van der Waals surface area contributed by atoms with Crippen LogP contribution in [-0.4, -0.2) is 47.3 Å². The minimum absolute atomic E-state index is 0.613. The zero-order valence-corrected chi connectivity index (χ0v) is 12.8. The number of hydrogen-bond acceptors (Lipinski definition) is 3. The second kappa shape index (κ2) is 6.27. The van der Waals surface area contributed by atoms with Crippen molar-refractivity contribution in [3.05, 3.63) is 17.7 Å². The SMILES string of the molecule is Cc1cn(C)c(C2CCCN(CC3CCOCC3)C2)n1. The van der Waals surface area contributed by atoms with E-state index >= 15 is 0 Å². The summed E-state index contributed by atoms with van der Waals surface area (Å²) in [4.78, 5) is 7.39. The highest BCUT2D eigenvalue weighted by molar-refractivity contribution is 5.08. The Labute approximate surface area is 122 Å². The van der Waals surface area contributed by atoms with E-state index in [2.05, 4.69) is 29.6 Å². The minimum Gasteiger partial charge on any atom is -0.381 e. The summed E-state index contributed by atoms with van der Waals surface area (Å²) >= 11 is 0. The zero-order chi connectivity index (χ0) is 13.9. The largest absolute Gasteiger partial charge is 0.381 e. The van der Waals surface area contributed by atoms with Crippen LogP contribution in [0.25, 0.3) is 0 Å². The lowest BCUT2D eigenvalue weighted by Crippen LogP contribution is -2.39. The van der Waals surface area contributed by atoms with Gasteiger partial charge in [-0.05, 0) is 45.1 Å². The quantitative estimate of drug-likeness (QED) is 0.849. The van der Waals surface area contributed by atoms with Gasteiger partial charge in [-0.3, -0.25) is 0 Å². The maximum atomic E-state index is 5.47. The first-order valence-corrected chi connectivity index (χ1v) is 8.02. The van der Waals surface area contributed by atoms with Crippen LogP contribution in [0.4, 0.5) is 0 Å². The lowest BCUT2D eigenvalue weighted by atomic mass is 9.94. The van der Waals surface area contributed by atoms with Crippen molar-refractivity contribution in [3.8, 4) is 0 Å². The maximum Gasteiger partial charge on any atom is 0.113 e. The first-order valence-electron chi connectivity index (χ1n) is 8.02. The third-order valence-corrected chi connectivity index (χ3v) is 4.76. The molecule has 1 atom stereocenters. The summed E-state index contributed by atoms with van der Waals surface area (Å²) in [5, 5.41) is 0. The number of piperidine rings is 1. The van der Waals surface area contributed by atoms with Gasteiger partial charge in [0.1, 0.15) is 5.82 Å². The molecule has 3 rings (SSSR count). The maximum absolute atomic E-state index is 5.47. The normalized spacial score (nSPS) is 26.0. The molecule has 0 bridgehead atoms. The summed E-state index contributed by atoms with van der Waals surface area (Å²) in [6.45, 7) is 7.70. The molecule has 4 nitrogen and oxygen atoms in total. The van der Waals surface area contributed by atoms with Gasteiger partial charge in [0.05, 0.1) is 5.69 Å². The van der Waals surface area contributed by atoms with Crippen molar-refractivity contribution in [3.63, 3.8) is 0 Å². The number of aromatic nitrogens is 2. The van der Waals surface area contributed by atoms with Crippen molar-refractivity contribution in [1.82, 2.24) is 14.5 Å². The van der Waals surface area contributed by atoms with Crippen molar-refractivity contribution in [2.24, 2.45) is 13.0 Å². The molecule has 0 aliphatic carbocycles. The van der Waals surface area contributed by atoms with Gasteiger partial charge in [0.25, 0.3) is 0 Å². The lowest BCUT2D eigenvalue weighted by Gasteiger charge is -2.35. The Morgan fingerprint density at radius 3 is 2.80 bits per heavy atom. The van der Waals surface area contributed by atoms with Crippen molar-refractivity contribution in [2.75, 3.05) is 32.8 Å². The monoisotopic (exact) mass is 277 g/mol. The molecule has 2 fully saturated rings. The Morgan fingerprint density at radius 2 is 2.10 bits per heavy atom. The van der Waals surface area contributed by atoms with Crippen LogP contribution in [0, 0.1) is 12.8 Å². The fourth-order valence-corrected chi connectivity index (χ4v) is 3.74. The number of hydrogen-bond donors (Lipinski definition) is 0. The molecule has 0 spiro atoms. The van der Waals surface area contributed by atoms with Crippen LogP contribution in [-0.2, 0) is 11.8 Å². The molecule has 2 saturated heterocycles. The Hall–Kier alpha value is -0.870. The summed E-state index contributed by atoms with van der Waals surface area (Å²) in [6.07, 6.45) is 7.21. The van der Waals surface area contributed by atoms with Gasteiger partial charge in [0.2, 0.25) is 0 Å². The van der Waals surface area contributed by atoms with Gasteiger partial charge in [0, 0.05) is 45.5 Å². The molecule has 1 unspecified atom stereocenters. The Bertz CT molecular complexity index is 437. The van der Waals surface area contributed by atoms with Gasteiger partial charge in [-0.1, -0.05) is 0 Å². The number of likely N-dealkylation sites (tertiary alicyclic amines) is 1. The minimum atomic E-state index is 0.613. The Balaban J connectivity index is 1.59. The van der Waals surface area contributed by atoms with E-state index in [0.29, 0.717) is 5.92 Å².